The summed E-state index contributed by atoms with van der Waals surface area (Å²) in [6, 6.07) is 15.1. The Hall–Kier alpha value is -2.34. The summed E-state index contributed by atoms with van der Waals surface area (Å²) in [7, 11) is 3.96. The Morgan fingerprint density at radius 1 is 1.26 bits per heavy atom. The van der Waals surface area contributed by atoms with Gasteiger partial charge in [-0.1, -0.05) is 34.1 Å². The van der Waals surface area contributed by atoms with Crippen LogP contribution in [-0.4, -0.2) is 32.8 Å². The molecular weight excluding hydrogens is 358 g/mol. The molecule has 2 aromatic carbocycles. The van der Waals surface area contributed by atoms with E-state index in [0.29, 0.717) is 5.75 Å². The number of amides is 1. The molecule has 1 N–H and O–H groups in total. The van der Waals surface area contributed by atoms with E-state index in [-0.39, 0.29) is 12.5 Å². The van der Waals surface area contributed by atoms with E-state index in [1.165, 1.54) is 0 Å². The minimum Gasteiger partial charge on any atom is -0.484 e. The van der Waals surface area contributed by atoms with Gasteiger partial charge in [0.15, 0.2) is 6.61 Å². The smallest absolute Gasteiger partial charge is 0.277 e. The van der Waals surface area contributed by atoms with Gasteiger partial charge < -0.3 is 9.64 Å². The van der Waals surface area contributed by atoms with Crippen molar-refractivity contribution in [2.24, 2.45) is 5.10 Å². The lowest BCUT2D eigenvalue weighted by atomic mass is 10.2. The fourth-order valence-corrected chi connectivity index (χ4v) is 2.15. The van der Waals surface area contributed by atoms with Gasteiger partial charge in [-0.3, -0.25) is 4.79 Å². The predicted octanol–water partition coefficient (Wildman–Crippen LogP) is 3.04. The van der Waals surface area contributed by atoms with Crippen LogP contribution in [0.2, 0.25) is 0 Å². The number of hydrogen-bond acceptors (Lipinski definition) is 4. The van der Waals surface area contributed by atoms with E-state index in [1.807, 2.05) is 55.4 Å². The molecule has 0 aliphatic heterocycles. The van der Waals surface area contributed by atoms with Crippen molar-refractivity contribution in [1.82, 2.24) is 5.43 Å². The van der Waals surface area contributed by atoms with Gasteiger partial charge in [-0.25, -0.2) is 5.43 Å². The van der Waals surface area contributed by atoms with Crippen molar-refractivity contribution in [2.45, 2.75) is 0 Å². The molecule has 0 bridgehead atoms. The van der Waals surface area contributed by atoms with Gasteiger partial charge in [0, 0.05) is 24.3 Å². The number of benzene rings is 2. The summed E-state index contributed by atoms with van der Waals surface area (Å²) in [4.78, 5) is 13.7. The molecule has 0 fully saturated rings. The second kappa shape index (κ2) is 8.33. The third-order valence-electron chi connectivity index (χ3n) is 2.98. The van der Waals surface area contributed by atoms with Gasteiger partial charge in [0.1, 0.15) is 5.75 Å². The minimum absolute atomic E-state index is 0.0899. The number of hydrazone groups is 1. The highest BCUT2D eigenvalue weighted by Crippen LogP contribution is 2.17. The Bertz CT molecular complexity index is 684. The second-order valence-electron chi connectivity index (χ2n) is 5.03. The number of hydrogen-bond donors (Lipinski definition) is 1. The summed E-state index contributed by atoms with van der Waals surface area (Å²) in [5, 5.41) is 3.92. The van der Waals surface area contributed by atoms with Gasteiger partial charge in [0.25, 0.3) is 5.91 Å². The average Bonchev–Trinajstić information content (AvgIpc) is 2.53. The third kappa shape index (κ3) is 5.75. The fourth-order valence-electron chi connectivity index (χ4n) is 1.78. The molecule has 0 aromatic heterocycles. The number of rotatable bonds is 6. The Labute approximate surface area is 144 Å². The Morgan fingerprint density at radius 3 is 2.65 bits per heavy atom. The first-order valence-corrected chi connectivity index (χ1v) is 7.81. The largest absolute Gasteiger partial charge is 0.484 e. The SMILES string of the molecule is CN(C)c1ccc(C=NNC(=O)COc2cccc(Br)c2)cc1. The van der Waals surface area contributed by atoms with Crippen LogP contribution in [0.5, 0.6) is 5.75 Å². The highest BCUT2D eigenvalue weighted by Gasteiger charge is 2.01. The molecule has 23 heavy (non-hydrogen) atoms. The van der Waals surface area contributed by atoms with Gasteiger partial charge in [-0.05, 0) is 35.9 Å². The van der Waals surface area contributed by atoms with Crippen LogP contribution in [0, 0.1) is 0 Å². The lowest BCUT2D eigenvalue weighted by Crippen LogP contribution is -2.24. The van der Waals surface area contributed by atoms with Gasteiger partial charge in [0.05, 0.1) is 6.21 Å². The molecule has 0 radical (unpaired) electrons. The number of anilines is 1. The van der Waals surface area contributed by atoms with E-state index in [9.17, 15) is 4.79 Å². The maximum Gasteiger partial charge on any atom is 0.277 e. The lowest BCUT2D eigenvalue weighted by Gasteiger charge is -2.11. The van der Waals surface area contributed by atoms with Crippen LogP contribution >= 0.6 is 15.9 Å². The summed E-state index contributed by atoms with van der Waals surface area (Å²) in [6.07, 6.45) is 1.59. The molecule has 0 saturated carbocycles. The standard InChI is InChI=1S/C17H18BrN3O2/c1-21(2)15-8-6-13(7-9-15)11-19-20-17(22)12-23-16-5-3-4-14(18)10-16/h3-11H,12H2,1-2H3,(H,20,22). The Balaban J connectivity index is 1.79. The van der Waals surface area contributed by atoms with Gasteiger partial charge in [-0.15, -0.1) is 0 Å². The number of nitrogens with zero attached hydrogens (tertiary/aromatic N) is 2. The zero-order valence-electron chi connectivity index (χ0n) is 13.0. The number of carbonyl (C=O) groups is 1. The van der Waals surface area contributed by atoms with Gasteiger partial charge in [-0.2, -0.15) is 5.10 Å². The number of nitrogens with one attached hydrogen (secondary N) is 1. The van der Waals surface area contributed by atoms with Crippen molar-refractivity contribution >= 4 is 33.7 Å². The molecule has 2 aromatic rings. The monoisotopic (exact) mass is 375 g/mol. The Kier molecular flexibility index (Phi) is 6.17. The molecule has 120 valence electrons. The van der Waals surface area contributed by atoms with E-state index >= 15 is 0 Å². The van der Waals surface area contributed by atoms with Crippen LogP contribution < -0.4 is 15.1 Å². The maximum atomic E-state index is 11.7. The van der Waals surface area contributed by atoms with Crippen molar-refractivity contribution in [3.8, 4) is 5.75 Å². The molecular formula is C17H18BrN3O2. The van der Waals surface area contributed by atoms with Crippen LogP contribution in [-0.2, 0) is 4.79 Å². The average molecular weight is 376 g/mol. The van der Waals surface area contributed by atoms with Crippen LogP contribution in [0.4, 0.5) is 5.69 Å². The molecule has 6 heteroatoms. The highest BCUT2D eigenvalue weighted by atomic mass is 79.9. The van der Waals surface area contributed by atoms with Crippen molar-refractivity contribution in [3.63, 3.8) is 0 Å². The predicted molar refractivity (Wildman–Crippen MR) is 96.1 cm³/mol. The van der Waals surface area contributed by atoms with Crippen molar-refractivity contribution in [2.75, 3.05) is 25.6 Å². The third-order valence-corrected chi connectivity index (χ3v) is 3.47. The molecule has 0 heterocycles. The summed E-state index contributed by atoms with van der Waals surface area (Å²) in [5.41, 5.74) is 4.45. The normalized spacial score (nSPS) is 10.6. The number of halogens is 1. The fraction of sp³-hybridized carbons (Fsp3) is 0.176. The van der Waals surface area contributed by atoms with Crippen LogP contribution in [0.25, 0.3) is 0 Å². The summed E-state index contributed by atoms with van der Waals surface area (Å²) < 4.78 is 6.27. The van der Waals surface area contributed by atoms with Crippen LogP contribution in [0.1, 0.15) is 5.56 Å². The number of ether oxygens (including phenoxy) is 1. The molecule has 0 saturated heterocycles. The molecule has 5 nitrogen and oxygen atoms in total. The summed E-state index contributed by atoms with van der Waals surface area (Å²) in [6.45, 7) is -0.0899. The molecule has 0 atom stereocenters. The molecule has 1 amide bonds. The van der Waals surface area contributed by atoms with Gasteiger partial charge in [0.2, 0.25) is 0 Å². The Morgan fingerprint density at radius 2 is 2.00 bits per heavy atom. The van der Waals surface area contributed by atoms with Crippen molar-refractivity contribution in [3.05, 3.63) is 58.6 Å². The van der Waals surface area contributed by atoms with Crippen molar-refractivity contribution < 1.29 is 9.53 Å². The first kappa shape index (κ1) is 17.0. The molecule has 2 rings (SSSR count). The van der Waals surface area contributed by atoms with E-state index in [2.05, 4.69) is 26.5 Å². The van der Waals surface area contributed by atoms with E-state index in [4.69, 9.17) is 4.74 Å². The zero-order valence-corrected chi connectivity index (χ0v) is 14.6. The lowest BCUT2D eigenvalue weighted by molar-refractivity contribution is -0.123. The van der Waals surface area contributed by atoms with Crippen molar-refractivity contribution in [1.29, 1.82) is 0 Å². The topological polar surface area (TPSA) is 53.9 Å². The van der Waals surface area contributed by atoms with E-state index < -0.39 is 0 Å². The quantitative estimate of drug-likeness (QED) is 0.623. The first-order valence-electron chi connectivity index (χ1n) is 7.02. The molecule has 0 aliphatic carbocycles. The number of carbonyl (C=O) groups excluding carboxylic acids is 1. The second-order valence-corrected chi connectivity index (χ2v) is 5.94. The minimum atomic E-state index is -0.314. The van der Waals surface area contributed by atoms with E-state index in [1.54, 1.807) is 18.3 Å². The summed E-state index contributed by atoms with van der Waals surface area (Å²) in [5.74, 6) is 0.309. The molecule has 0 unspecified atom stereocenters. The van der Waals surface area contributed by atoms with E-state index in [0.717, 1.165) is 15.7 Å². The zero-order chi connectivity index (χ0) is 16.7. The van der Waals surface area contributed by atoms with Crippen LogP contribution in [0.15, 0.2) is 58.1 Å². The molecule has 0 spiro atoms. The maximum absolute atomic E-state index is 11.7. The van der Waals surface area contributed by atoms with Crippen LogP contribution in [0.3, 0.4) is 0 Å². The van der Waals surface area contributed by atoms with Gasteiger partial charge >= 0.3 is 0 Å². The first-order chi connectivity index (χ1) is 11.0. The summed E-state index contributed by atoms with van der Waals surface area (Å²) >= 11 is 3.34. The molecule has 0 aliphatic rings. The highest BCUT2D eigenvalue weighted by molar-refractivity contribution is 9.10.